The Balaban J connectivity index is 1.81. The van der Waals surface area contributed by atoms with Crippen molar-refractivity contribution in [2.24, 2.45) is 0 Å². The number of rotatable bonds is 9. The molecule has 0 fully saturated rings. The van der Waals surface area contributed by atoms with E-state index in [4.69, 9.17) is 9.47 Å². The molecule has 0 aliphatic heterocycles. The summed E-state index contributed by atoms with van der Waals surface area (Å²) in [6, 6.07) is 17.7. The summed E-state index contributed by atoms with van der Waals surface area (Å²) in [4.78, 5) is 25.0. The highest BCUT2D eigenvalue weighted by Crippen LogP contribution is 2.21. The third kappa shape index (κ3) is 5.70. The van der Waals surface area contributed by atoms with Crippen molar-refractivity contribution in [1.82, 2.24) is 9.78 Å². The van der Waals surface area contributed by atoms with Gasteiger partial charge in [-0.05, 0) is 55.0 Å². The van der Waals surface area contributed by atoms with Crippen molar-refractivity contribution >= 4 is 11.8 Å². The molecule has 0 aliphatic carbocycles. The molecule has 2 aromatic carbocycles. The van der Waals surface area contributed by atoms with Crippen molar-refractivity contribution in [1.29, 1.82) is 0 Å². The number of hydrogen-bond acceptors (Lipinski definition) is 5. The summed E-state index contributed by atoms with van der Waals surface area (Å²) < 4.78 is 11.9. The Morgan fingerprint density at radius 2 is 1.87 bits per heavy atom. The van der Waals surface area contributed by atoms with Gasteiger partial charge < -0.3 is 14.6 Å². The summed E-state index contributed by atoms with van der Waals surface area (Å²) in [5, 5.41) is 13.8. The first-order chi connectivity index (χ1) is 15.0. The minimum atomic E-state index is -1.02. The van der Waals surface area contributed by atoms with Crippen molar-refractivity contribution in [3.8, 4) is 17.0 Å². The van der Waals surface area contributed by atoms with Gasteiger partial charge in [0.2, 0.25) is 0 Å². The predicted octanol–water partition coefficient (Wildman–Crippen LogP) is 3.49. The first kappa shape index (κ1) is 22.0. The number of carbonyl (C=O) groups is 1. The summed E-state index contributed by atoms with van der Waals surface area (Å²) >= 11 is 0. The summed E-state index contributed by atoms with van der Waals surface area (Å²) in [5.74, 6) is 0.727. The number of anilines is 1. The Labute approximate surface area is 180 Å². The van der Waals surface area contributed by atoms with E-state index >= 15 is 0 Å². The van der Waals surface area contributed by atoms with E-state index in [1.807, 2.05) is 30.3 Å². The van der Waals surface area contributed by atoms with Crippen LogP contribution in [0.5, 0.6) is 5.75 Å². The van der Waals surface area contributed by atoms with Crippen LogP contribution in [-0.4, -0.2) is 47.8 Å². The fraction of sp³-hybridized carbons (Fsp3) is 0.261. The van der Waals surface area contributed by atoms with Gasteiger partial charge in [0, 0.05) is 31.0 Å². The number of carboxylic acid groups (broad SMARTS) is 1. The van der Waals surface area contributed by atoms with Crippen LogP contribution in [0.2, 0.25) is 0 Å². The minimum Gasteiger partial charge on any atom is -0.491 e. The number of nitrogens with zero attached hydrogens (tertiary/aromatic N) is 3. The zero-order valence-electron chi connectivity index (χ0n) is 17.5. The topological polar surface area (TPSA) is 93.9 Å². The Morgan fingerprint density at radius 3 is 2.55 bits per heavy atom. The monoisotopic (exact) mass is 423 g/mol. The van der Waals surface area contributed by atoms with Gasteiger partial charge in [-0.3, -0.25) is 9.69 Å². The molecular weight excluding hydrogens is 398 g/mol. The largest absolute Gasteiger partial charge is 0.491 e. The fourth-order valence-corrected chi connectivity index (χ4v) is 3.10. The molecule has 0 radical (unpaired) electrons. The highest BCUT2D eigenvalue weighted by Gasteiger charge is 2.12. The normalized spacial score (nSPS) is 10.6. The number of aromatic nitrogens is 2. The lowest BCUT2D eigenvalue weighted by atomic mass is 10.1. The van der Waals surface area contributed by atoms with E-state index in [1.54, 1.807) is 38.3 Å². The molecule has 0 bridgehead atoms. The second-order valence-corrected chi connectivity index (χ2v) is 6.78. The highest BCUT2D eigenvalue weighted by molar-refractivity contribution is 5.85. The fourth-order valence-electron chi connectivity index (χ4n) is 3.10. The smallest absolute Gasteiger partial charge is 0.411 e. The summed E-state index contributed by atoms with van der Waals surface area (Å²) in [6.07, 6.45) is -1.02. The maximum absolute atomic E-state index is 12.4. The molecule has 0 unspecified atom stereocenters. The van der Waals surface area contributed by atoms with Crippen LogP contribution in [-0.2, 0) is 11.3 Å². The Hall–Kier alpha value is -3.65. The standard InChI is InChI=1S/C23H25N3O5/c1-3-25(23(28)29)19-6-4-5-17(15-19)16-26-22(27)12-11-21(24-26)18-7-9-20(10-8-18)31-14-13-30-2/h4-12,15H,3,13-14,16H2,1-2H3,(H,28,29). The lowest BCUT2D eigenvalue weighted by Crippen LogP contribution is -2.29. The Bertz CT molecular complexity index is 1080. The molecule has 1 heterocycles. The van der Waals surface area contributed by atoms with E-state index in [-0.39, 0.29) is 12.1 Å². The van der Waals surface area contributed by atoms with E-state index < -0.39 is 6.09 Å². The SMILES string of the molecule is CCN(C(=O)O)c1cccc(Cn2nc(-c3ccc(OCCOC)cc3)ccc2=O)c1. The van der Waals surface area contributed by atoms with Crippen molar-refractivity contribution in [2.45, 2.75) is 13.5 Å². The number of hydrogen-bond donors (Lipinski definition) is 1. The zero-order chi connectivity index (χ0) is 22.2. The van der Waals surface area contributed by atoms with Gasteiger partial charge in [-0.15, -0.1) is 0 Å². The molecule has 3 rings (SSSR count). The molecule has 3 aromatic rings. The zero-order valence-corrected chi connectivity index (χ0v) is 17.5. The van der Waals surface area contributed by atoms with Crippen LogP contribution in [0.3, 0.4) is 0 Å². The van der Waals surface area contributed by atoms with Gasteiger partial charge in [-0.1, -0.05) is 12.1 Å². The van der Waals surface area contributed by atoms with Crippen LogP contribution in [0.15, 0.2) is 65.5 Å². The molecule has 0 saturated carbocycles. The number of methoxy groups -OCH3 is 1. The van der Waals surface area contributed by atoms with E-state index in [9.17, 15) is 14.7 Å². The van der Waals surface area contributed by atoms with Crippen molar-refractivity contribution in [3.05, 3.63) is 76.6 Å². The predicted molar refractivity (Wildman–Crippen MR) is 118 cm³/mol. The Morgan fingerprint density at radius 1 is 1.10 bits per heavy atom. The highest BCUT2D eigenvalue weighted by atomic mass is 16.5. The molecule has 162 valence electrons. The first-order valence-electron chi connectivity index (χ1n) is 9.91. The third-order valence-electron chi connectivity index (χ3n) is 4.67. The molecule has 0 aliphatic rings. The molecule has 0 saturated heterocycles. The van der Waals surface area contributed by atoms with Crippen molar-refractivity contribution < 1.29 is 19.4 Å². The minimum absolute atomic E-state index is 0.232. The van der Waals surface area contributed by atoms with E-state index in [0.29, 0.717) is 31.1 Å². The molecular formula is C23H25N3O5. The van der Waals surface area contributed by atoms with Crippen molar-refractivity contribution in [2.75, 3.05) is 31.8 Å². The van der Waals surface area contributed by atoms with Gasteiger partial charge in [-0.25, -0.2) is 9.48 Å². The summed E-state index contributed by atoms with van der Waals surface area (Å²) in [6.45, 7) is 3.31. The number of amides is 1. The molecule has 1 N–H and O–H groups in total. The number of ether oxygens (including phenoxy) is 2. The lowest BCUT2D eigenvalue weighted by molar-refractivity contribution is 0.146. The van der Waals surface area contributed by atoms with Crippen LogP contribution in [0.4, 0.5) is 10.5 Å². The molecule has 1 amide bonds. The maximum Gasteiger partial charge on any atom is 0.411 e. The van der Waals surface area contributed by atoms with Gasteiger partial charge in [0.1, 0.15) is 12.4 Å². The molecule has 8 nitrogen and oxygen atoms in total. The van der Waals surface area contributed by atoms with E-state index in [2.05, 4.69) is 5.10 Å². The molecule has 1 aromatic heterocycles. The van der Waals surface area contributed by atoms with Crippen LogP contribution < -0.4 is 15.2 Å². The maximum atomic E-state index is 12.4. The van der Waals surface area contributed by atoms with Gasteiger partial charge in [0.05, 0.1) is 18.8 Å². The molecule has 8 heteroatoms. The first-order valence-corrected chi connectivity index (χ1v) is 9.91. The van der Waals surface area contributed by atoms with Crippen LogP contribution in [0.25, 0.3) is 11.3 Å². The second kappa shape index (κ2) is 10.4. The third-order valence-corrected chi connectivity index (χ3v) is 4.67. The van der Waals surface area contributed by atoms with Gasteiger partial charge in [-0.2, -0.15) is 5.10 Å². The van der Waals surface area contributed by atoms with Gasteiger partial charge >= 0.3 is 6.09 Å². The Kier molecular flexibility index (Phi) is 7.40. The van der Waals surface area contributed by atoms with E-state index in [0.717, 1.165) is 16.9 Å². The average molecular weight is 423 g/mol. The van der Waals surface area contributed by atoms with Crippen molar-refractivity contribution in [3.63, 3.8) is 0 Å². The van der Waals surface area contributed by atoms with E-state index in [1.165, 1.54) is 15.6 Å². The summed E-state index contributed by atoms with van der Waals surface area (Å²) in [5.41, 5.74) is 2.61. The average Bonchev–Trinajstić information content (AvgIpc) is 2.77. The van der Waals surface area contributed by atoms with Crippen LogP contribution in [0.1, 0.15) is 12.5 Å². The lowest BCUT2D eigenvalue weighted by Gasteiger charge is -2.18. The quantitative estimate of drug-likeness (QED) is 0.530. The number of benzene rings is 2. The van der Waals surface area contributed by atoms with Crippen LogP contribution >= 0.6 is 0 Å². The van der Waals surface area contributed by atoms with Gasteiger partial charge in [0.15, 0.2) is 0 Å². The van der Waals surface area contributed by atoms with Crippen LogP contribution in [0, 0.1) is 0 Å². The second-order valence-electron chi connectivity index (χ2n) is 6.78. The van der Waals surface area contributed by atoms with Gasteiger partial charge in [0.25, 0.3) is 5.56 Å². The molecule has 0 atom stereocenters. The summed E-state index contributed by atoms with van der Waals surface area (Å²) in [7, 11) is 1.62. The molecule has 31 heavy (non-hydrogen) atoms. The molecule has 0 spiro atoms.